The molecule has 0 spiro atoms. The van der Waals surface area contributed by atoms with E-state index in [9.17, 15) is 0 Å². The number of piperazine rings is 1. The Kier molecular flexibility index (Phi) is 5.42. The minimum atomic E-state index is 0.564. The summed E-state index contributed by atoms with van der Waals surface area (Å²) in [6.07, 6.45) is 2.37. The molecule has 2 heterocycles. The molecule has 1 N–H and O–H groups in total. The Hall–Kier alpha value is -0.160. The van der Waals surface area contributed by atoms with Gasteiger partial charge in [-0.3, -0.25) is 4.90 Å². The highest BCUT2D eigenvalue weighted by Gasteiger charge is 2.34. The van der Waals surface area contributed by atoms with Crippen LogP contribution in [0.25, 0.3) is 0 Å². The van der Waals surface area contributed by atoms with Crippen LogP contribution in [0.2, 0.25) is 0 Å². The van der Waals surface area contributed by atoms with Gasteiger partial charge in [-0.05, 0) is 33.4 Å². The van der Waals surface area contributed by atoms with Crippen molar-refractivity contribution in [2.75, 3.05) is 46.4 Å². The zero-order chi connectivity index (χ0) is 13.0. The molecule has 0 aromatic heterocycles. The van der Waals surface area contributed by atoms with Crippen LogP contribution >= 0.6 is 0 Å². The molecule has 3 atom stereocenters. The van der Waals surface area contributed by atoms with Crippen molar-refractivity contribution in [2.45, 2.75) is 44.8 Å². The third-order valence-electron chi connectivity index (χ3n) is 4.29. The van der Waals surface area contributed by atoms with Crippen molar-refractivity contribution in [3.8, 4) is 0 Å². The lowest BCUT2D eigenvalue weighted by Gasteiger charge is -2.47. The number of ether oxygens (including phenoxy) is 1. The first-order valence-corrected chi connectivity index (χ1v) is 7.47. The van der Waals surface area contributed by atoms with E-state index in [0.717, 1.165) is 26.2 Å². The molecule has 0 saturated carbocycles. The van der Waals surface area contributed by atoms with Gasteiger partial charge in [-0.15, -0.1) is 0 Å². The average molecular weight is 255 g/mol. The number of nitrogens with one attached hydrogen (secondary N) is 1. The fourth-order valence-electron chi connectivity index (χ4n) is 3.26. The lowest BCUT2D eigenvalue weighted by molar-refractivity contribution is -0.0370. The van der Waals surface area contributed by atoms with E-state index in [4.69, 9.17) is 4.74 Å². The van der Waals surface area contributed by atoms with Gasteiger partial charge in [0, 0.05) is 44.4 Å². The van der Waals surface area contributed by atoms with E-state index in [1.54, 1.807) is 0 Å². The predicted octanol–water partition coefficient (Wildman–Crippen LogP) is 0.779. The van der Waals surface area contributed by atoms with Crippen molar-refractivity contribution in [3.63, 3.8) is 0 Å². The maximum atomic E-state index is 5.73. The first kappa shape index (κ1) is 14.3. The molecule has 0 amide bonds. The Morgan fingerprint density at radius 1 is 1.33 bits per heavy atom. The van der Waals surface area contributed by atoms with Gasteiger partial charge in [-0.1, -0.05) is 6.92 Å². The van der Waals surface area contributed by atoms with Gasteiger partial charge in [-0.2, -0.15) is 0 Å². The molecule has 3 unspecified atom stereocenters. The molecule has 0 radical (unpaired) electrons. The van der Waals surface area contributed by atoms with Gasteiger partial charge in [0.25, 0.3) is 0 Å². The highest BCUT2D eigenvalue weighted by Crippen LogP contribution is 2.19. The third-order valence-corrected chi connectivity index (χ3v) is 4.29. The van der Waals surface area contributed by atoms with E-state index < -0.39 is 0 Å². The molecule has 2 rings (SSSR count). The molecule has 0 aliphatic carbocycles. The van der Waals surface area contributed by atoms with Gasteiger partial charge in [0.15, 0.2) is 0 Å². The Labute approximate surface area is 112 Å². The smallest absolute Gasteiger partial charge is 0.0637 e. The fraction of sp³-hybridized carbons (Fsp3) is 1.00. The highest BCUT2D eigenvalue weighted by molar-refractivity contribution is 4.92. The second-order valence-electron chi connectivity index (χ2n) is 5.84. The van der Waals surface area contributed by atoms with Gasteiger partial charge in [0.05, 0.1) is 6.61 Å². The quantitative estimate of drug-likeness (QED) is 0.803. The number of hydrogen-bond acceptors (Lipinski definition) is 4. The van der Waals surface area contributed by atoms with E-state index >= 15 is 0 Å². The normalized spacial score (nSPS) is 35.8. The molecule has 0 aromatic rings. The van der Waals surface area contributed by atoms with Crippen LogP contribution in [0.4, 0.5) is 0 Å². The average Bonchev–Trinajstić information content (AvgIpc) is 2.37. The lowest BCUT2D eigenvalue weighted by Crippen LogP contribution is -2.62. The van der Waals surface area contributed by atoms with Crippen LogP contribution in [0.1, 0.15) is 26.7 Å². The van der Waals surface area contributed by atoms with Gasteiger partial charge in [-0.25, -0.2) is 0 Å². The SMILES string of the molecule is CCCNC1CCOCC1N1CCN(C)CC1C. The van der Waals surface area contributed by atoms with Crippen LogP contribution < -0.4 is 5.32 Å². The molecule has 4 heteroatoms. The molecule has 0 aromatic carbocycles. The lowest BCUT2D eigenvalue weighted by atomic mass is 9.98. The van der Waals surface area contributed by atoms with Gasteiger partial charge >= 0.3 is 0 Å². The third kappa shape index (κ3) is 3.44. The summed E-state index contributed by atoms with van der Waals surface area (Å²) in [6, 6.07) is 1.82. The highest BCUT2D eigenvalue weighted by atomic mass is 16.5. The van der Waals surface area contributed by atoms with Crippen LogP contribution in [0.3, 0.4) is 0 Å². The van der Waals surface area contributed by atoms with Crippen molar-refractivity contribution in [1.29, 1.82) is 0 Å². The van der Waals surface area contributed by atoms with Crippen molar-refractivity contribution in [1.82, 2.24) is 15.1 Å². The standard InChI is InChI=1S/C14H29N3O/c1-4-6-15-13-5-9-18-11-14(13)17-8-7-16(3)10-12(17)2/h12-15H,4-11H2,1-3H3. The molecule has 2 saturated heterocycles. The summed E-state index contributed by atoms with van der Waals surface area (Å²) in [7, 11) is 2.22. The van der Waals surface area contributed by atoms with Gasteiger partial charge in [0.2, 0.25) is 0 Å². The van der Waals surface area contributed by atoms with E-state index in [1.165, 1.54) is 26.1 Å². The van der Waals surface area contributed by atoms with E-state index in [1.807, 2.05) is 0 Å². The predicted molar refractivity (Wildman–Crippen MR) is 75.0 cm³/mol. The van der Waals surface area contributed by atoms with E-state index in [-0.39, 0.29) is 0 Å². The van der Waals surface area contributed by atoms with Crippen LogP contribution in [0, 0.1) is 0 Å². The summed E-state index contributed by atoms with van der Waals surface area (Å²) in [6.45, 7) is 11.1. The summed E-state index contributed by atoms with van der Waals surface area (Å²) in [5.74, 6) is 0. The Bertz CT molecular complexity index is 249. The first-order valence-electron chi connectivity index (χ1n) is 7.47. The van der Waals surface area contributed by atoms with Crippen molar-refractivity contribution in [2.24, 2.45) is 0 Å². The van der Waals surface area contributed by atoms with E-state index in [2.05, 4.69) is 36.0 Å². The Balaban J connectivity index is 1.94. The number of rotatable bonds is 4. The van der Waals surface area contributed by atoms with Crippen molar-refractivity contribution >= 4 is 0 Å². The zero-order valence-electron chi connectivity index (χ0n) is 12.2. The fourth-order valence-corrected chi connectivity index (χ4v) is 3.26. The monoisotopic (exact) mass is 255 g/mol. The molecule has 2 fully saturated rings. The van der Waals surface area contributed by atoms with Crippen molar-refractivity contribution in [3.05, 3.63) is 0 Å². The van der Waals surface area contributed by atoms with Crippen molar-refractivity contribution < 1.29 is 4.74 Å². The summed E-state index contributed by atoms with van der Waals surface area (Å²) in [5.41, 5.74) is 0. The minimum absolute atomic E-state index is 0.564. The summed E-state index contributed by atoms with van der Waals surface area (Å²) in [4.78, 5) is 5.09. The topological polar surface area (TPSA) is 27.7 Å². The second-order valence-corrected chi connectivity index (χ2v) is 5.84. The molecule has 2 aliphatic rings. The van der Waals surface area contributed by atoms with Crippen LogP contribution in [0.5, 0.6) is 0 Å². The zero-order valence-corrected chi connectivity index (χ0v) is 12.2. The first-order chi connectivity index (χ1) is 8.72. The molecule has 2 aliphatic heterocycles. The number of likely N-dealkylation sites (N-methyl/N-ethyl adjacent to an activating group) is 1. The number of hydrogen-bond donors (Lipinski definition) is 1. The summed E-state index contributed by atoms with van der Waals surface area (Å²) in [5, 5.41) is 3.72. The largest absolute Gasteiger partial charge is 0.380 e. The molecule has 18 heavy (non-hydrogen) atoms. The van der Waals surface area contributed by atoms with Gasteiger partial charge in [0.1, 0.15) is 0 Å². The van der Waals surface area contributed by atoms with Crippen LogP contribution in [-0.4, -0.2) is 74.4 Å². The molecule has 0 bridgehead atoms. The maximum Gasteiger partial charge on any atom is 0.0637 e. The summed E-state index contributed by atoms with van der Waals surface area (Å²) >= 11 is 0. The molecular weight excluding hydrogens is 226 g/mol. The minimum Gasteiger partial charge on any atom is -0.380 e. The van der Waals surface area contributed by atoms with Gasteiger partial charge < -0.3 is 15.0 Å². The molecule has 106 valence electrons. The van der Waals surface area contributed by atoms with Crippen LogP contribution in [-0.2, 0) is 4.74 Å². The molecular formula is C14H29N3O. The number of nitrogens with zero attached hydrogens (tertiary/aromatic N) is 2. The Morgan fingerprint density at radius 2 is 2.17 bits per heavy atom. The maximum absolute atomic E-state index is 5.73. The molecule has 4 nitrogen and oxygen atoms in total. The Morgan fingerprint density at radius 3 is 2.89 bits per heavy atom. The van der Waals surface area contributed by atoms with Crippen LogP contribution in [0.15, 0.2) is 0 Å². The summed E-state index contributed by atoms with van der Waals surface area (Å²) < 4.78 is 5.73. The second kappa shape index (κ2) is 6.85. The van der Waals surface area contributed by atoms with E-state index in [0.29, 0.717) is 18.1 Å².